The Hall–Kier alpha value is -1.35. The van der Waals surface area contributed by atoms with Crippen LogP contribution >= 0.6 is 0 Å². The van der Waals surface area contributed by atoms with Gasteiger partial charge in [0.2, 0.25) is 5.91 Å². The molecule has 0 spiro atoms. The molecule has 1 aliphatic heterocycles. The van der Waals surface area contributed by atoms with E-state index in [1.807, 2.05) is 43.1 Å². The summed E-state index contributed by atoms with van der Waals surface area (Å²) in [5.74, 6) is 0.209. The van der Waals surface area contributed by atoms with E-state index in [1.165, 1.54) is 5.56 Å². The molecule has 2 rings (SSSR count). The van der Waals surface area contributed by atoms with E-state index in [0.717, 1.165) is 18.7 Å². The van der Waals surface area contributed by atoms with E-state index < -0.39 is 0 Å². The van der Waals surface area contributed by atoms with Crippen molar-refractivity contribution in [3.05, 3.63) is 35.4 Å². The molecule has 16 heavy (non-hydrogen) atoms. The Labute approximate surface area is 96.5 Å². The number of aryl methyl sites for hydroxylation is 1. The van der Waals surface area contributed by atoms with Crippen LogP contribution in [0.2, 0.25) is 0 Å². The van der Waals surface area contributed by atoms with Crippen molar-refractivity contribution in [2.75, 3.05) is 20.1 Å². The summed E-state index contributed by atoms with van der Waals surface area (Å²) in [5.41, 5.74) is 2.32. The Morgan fingerprint density at radius 3 is 2.69 bits per heavy atom. The molecule has 3 nitrogen and oxygen atoms in total. The van der Waals surface area contributed by atoms with Crippen LogP contribution in [0.1, 0.15) is 11.1 Å². The summed E-state index contributed by atoms with van der Waals surface area (Å²) in [7, 11) is 1.89. The molecule has 1 fully saturated rings. The molecule has 0 saturated carbocycles. The normalized spacial score (nSPS) is 15.6. The number of benzene rings is 1. The fourth-order valence-corrected chi connectivity index (χ4v) is 1.85. The number of hydrogen-bond acceptors (Lipinski definition) is 2. The van der Waals surface area contributed by atoms with Gasteiger partial charge in [-0.25, -0.2) is 0 Å². The fourth-order valence-electron chi connectivity index (χ4n) is 1.85. The third-order valence-corrected chi connectivity index (χ3v) is 3.30. The van der Waals surface area contributed by atoms with Gasteiger partial charge >= 0.3 is 0 Å². The van der Waals surface area contributed by atoms with Crippen LogP contribution in [0, 0.1) is 6.92 Å². The van der Waals surface area contributed by atoms with Gasteiger partial charge in [-0.1, -0.05) is 24.3 Å². The van der Waals surface area contributed by atoms with Crippen molar-refractivity contribution < 1.29 is 4.79 Å². The maximum atomic E-state index is 12.0. The van der Waals surface area contributed by atoms with E-state index in [9.17, 15) is 4.79 Å². The molecule has 0 aliphatic carbocycles. The second kappa shape index (κ2) is 4.66. The van der Waals surface area contributed by atoms with Gasteiger partial charge in [-0.2, -0.15) is 0 Å². The van der Waals surface area contributed by atoms with E-state index in [-0.39, 0.29) is 5.91 Å². The predicted octanol–water partition coefficient (Wildman–Crippen LogP) is 0.968. The van der Waals surface area contributed by atoms with Crippen LogP contribution < -0.4 is 5.32 Å². The first-order valence-electron chi connectivity index (χ1n) is 5.69. The second-order valence-corrected chi connectivity index (χ2v) is 4.42. The molecular weight excluding hydrogens is 200 g/mol. The molecule has 3 heteroatoms. The Bertz CT molecular complexity index is 385. The fraction of sp³-hybridized carbons (Fsp3) is 0.462. The molecule has 0 unspecified atom stereocenters. The largest absolute Gasteiger partial charge is 0.340 e. The van der Waals surface area contributed by atoms with E-state index in [2.05, 4.69) is 5.32 Å². The maximum Gasteiger partial charge on any atom is 0.227 e. The zero-order valence-corrected chi connectivity index (χ0v) is 9.86. The minimum Gasteiger partial charge on any atom is -0.340 e. The van der Waals surface area contributed by atoms with Crippen molar-refractivity contribution in [2.24, 2.45) is 0 Å². The van der Waals surface area contributed by atoms with Crippen molar-refractivity contribution in [2.45, 2.75) is 19.4 Å². The zero-order valence-electron chi connectivity index (χ0n) is 9.86. The lowest BCUT2D eigenvalue weighted by Gasteiger charge is -2.35. The maximum absolute atomic E-state index is 12.0. The van der Waals surface area contributed by atoms with E-state index in [1.54, 1.807) is 0 Å². The molecule has 0 atom stereocenters. The van der Waals surface area contributed by atoms with Crippen LogP contribution in [0.5, 0.6) is 0 Å². The van der Waals surface area contributed by atoms with E-state index >= 15 is 0 Å². The topological polar surface area (TPSA) is 32.3 Å². The monoisotopic (exact) mass is 218 g/mol. The molecule has 1 aliphatic rings. The summed E-state index contributed by atoms with van der Waals surface area (Å²) in [5, 5.41) is 3.18. The second-order valence-electron chi connectivity index (χ2n) is 4.42. The summed E-state index contributed by atoms with van der Waals surface area (Å²) >= 11 is 0. The molecular formula is C13H18N2O. The van der Waals surface area contributed by atoms with Gasteiger partial charge in [0.15, 0.2) is 0 Å². The van der Waals surface area contributed by atoms with Gasteiger partial charge in [-0.3, -0.25) is 4.79 Å². The summed E-state index contributed by atoms with van der Waals surface area (Å²) in [4.78, 5) is 13.9. The third-order valence-electron chi connectivity index (χ3n) is 3.30. The van der Waals surface area contributed by atoms with Crippen LogP contribution in [-0.2, 0) is 11.2 Å². The average Bonchev–Trinajstić information content (AvgIpc) is 2.18. The number of rotatable bonds is 3. The molecule has 86 valence electrons. The molecule has 0 bridgehead atoms. The Balaban J connectivity index is 1.99. The molecule has 0 radical (unpaired) electrons. The highest BCUT2D eigenvalue weighted by Gasteiger charge is 2.25. The summed E-state index contributed by atoms with van der Waals surface area (Å²) in [6.07, 6.45) is 0.514. The zero-order chi connectivity index (χ0) is 11.5. The Kier molecular flexibility index (Phi) is 3.25. The van der Waals surface area contributed by atoms with Gasteiger partial charge in [-0.15, -0.1) is 0 Å². The number of hydrogen-bond donors (Lipinski definition) is 1. The van der Waals surface area contributed by atoms with Gasteiger partial charge in [0.25, 0.3) is 0 Å². The predicted molar refractivity (Wildman–Crippen MR) is 64.3 cm³/mol. The van der Waals surface area contributed by atoms with E-state index in [0.29, 0.717) is 12.5 Å². The van der Waals surface area contributed by atoms with Gasteiger partial charge in [-0.05, 0) is 18.1 Å². The van der Waals surface area contributed by atoms with Crippen LogP contribution in [-0.4, -0.2) is 37.0 Å². The van der Waals surface area contributed by atoms with Gasteiger partial charge in [0, 0.05) is 20.1 Å². The SMILES string of the molecule is Cc1ccccc1CC(=O)N(C)C1CNC1. The number of carbonyl (C=O) groups is 1. The first-order valence-corrected chi connectivity index (χ1v) is 5.69. The standard InChI is InChI=1S/C13H18N2O/c1-10-5-3-4-6-11(10)7-13(16)15(2)12-8-14-9-12/h3-6,12,14H,7-9H2,1-2H3. The Morgan fingerprint density at radius 1 is 1.44 bits per heavy atom. The molecule has 1 aromatic carbocycles. The minimum atomic E-state index is 0.209. The van der Waals surface area contributed by atoms with Crippen molar-refractivity contribution in [1.82, 2.24) is 10.2 Å². The summed E-state index contributed by atoms with van der Waals surface area (Å²) in [6, 6.07) is 8.45. The van der Waals surface area contributed by atoms with Crippen LogP contribution in [0.4, 0.5) is 0 Å². The molecule has 1 amide bonds. The average molecular weight is 218 g/mol. The molecule has 0 aromatic heterocycles. The van der Waals surface area contributed by atoms with Crippen LogP contribution in [0.15, 0.2) is 24.3 Å². The van der Waals surface area contributed by atoms with Gasteiger partial charge in [0.1, 0.15) is 0 Å². The lowest BCUT2D eigenvalue weighted by Crippen LogP contribution is -2.57. The summed E-state index contributed by atoms with van der Waals surface area (Å²) in [6.45, 7) is 3.90. The van der Waals surface area contributed by atoms with Crippen molar-refractivity contribution in [3.63, 3.8) is 0 Å². The highest BCUT2D eigenvalue weighted by atomic mass is 16.2. The molecule has 1 N–H and O–H groups in total. The number of carbonyl (C=O) groups excluding carboxylic acids is 1. The van der Waals surface area contributed by atoms with Crippen molar-refractivity contribution >= 4 is 5.91 Å². The van der Waals surface area contributed by atoms with Crippen LogP contribution in [0.3, 0.4) is 0 Å². The van der Waals surface area contributed by atoms with Crippen molar-refractivity contribution in [3.8, 4) is 0 Å². The van der Waals surface area contributed by atoms with E-state index in [4.69, 9.17) is 0 Å². The minimum absolute atomic E-state index is 0.209. The smallest absolute Gasteiger partial charge is 0.227 e. The van der Waals surface area contributed by atoms with Gasteiger partial charge in [0.05, 0.1) is 12.5 Å². The first kappa shape index (κ1) is 11.1. The molecule has 1 saturated heterocycles. The number of nitrogens with one attached hydrogen (secondary N) is 1. The van der Waals surface area contributed by atoms with Gasteiger partial charge < -0.3 is 10.2 Å². The number of amides is 1. The highest BCUT2D eigenvalue weighted by Crippen LogP contribution is 2.11. The highest BCUT2D eigenvalue weighted by molar-refractivity contribution is 5.79. The number of nitrogens with zero attached hydrogens (tertiary/aromatic N) is 1. The third kappa shape index (κ3) is 2.25. The molecule has 1 aromatic rings. The quantitative estimate of drug-likeness (QED) is 0.820. The lowest BCUT2D eigenvalue weighted by atomic mass is 10.0. The van der Waals surface area contributed by atoms with Crippen molar-refractivity contribution in [1.29, 1.82) is 0 Å². The molecule has 1 heterocycles. The lowest BCUT2D eigenvalue weighted by molar-refractivity contribution is -0.132. The first-order chi connectivity index (χ1) is 7.68. The summed E-state index contributed by atoms with van der Waals surface area (Å²) < 4.78 is 0. The number of likely N-dealkylation sites (N-methyl/N-ethyl adjacent to an activating group) is 1. The van der Waals surface area contributed by atoms with Crippen LogP contribution in [0.25, 0.3) is 0 Å². The Morgan fingerprint density at radius 2 is 2.12 bits per heavy atom.